The fourth-order valence-electron chi connectivity index (χ4n) is 1.25. The molecule has 2 heteroatoms. The van der Waals surface area contributed by atoms with Crippen LogP contribution in [0.1, 0.15) is 12.5 Å². The van der Waals surface area contributed by atoms with Gasteiger partial charge in [0.1, 0.15) is 0 Å². The van der Waals surface area contributed by atoms with E-state index in [0.29, 0.717) is 6.61 Å². The van der Waals surface area contributed by atoms with E-state index in [0.717, 1.165) is 0 Å². The molecule has 1 aromatic rings. The second kappa shape index (κ2) is 3.10. The number of terminal acetylenes is 1. The summed E-state index contributed by atoms with van der Waals surface area (Å²) in [5, 5.41) is 0. The molecule has 2 rings (SSSR count). The highest BCUT2D eigenvalue weighted by molar-refractivity contribution is 8.00. The van der Waals surface area contributed by atoms with Gasteiger partial charge in [-0.05, 0) is 18.6 Å². The number of thioether (sulfide) groups is 1. The number of rotatable bonds is 0. The van der Waals surface area contributed by atoms with Gasteiger partial charge in [-0.15, -0.1) is 6.42 Å². The van der Waals surface area contributed by atoms with Crippen LogP contribution >= 0.6 is 11.8 Å². The largest absolute Gasteiger partial charge is 0.348 e. The van der Waals surface area contributed by atoms with Gasteiger partial charge < -0.3 is 4.74 Å². The highest BCUT2D eigenvalue weighted by Gasteiger charge is 2.29. The van der Waals surface area contributed by atoms with Crippen molar-refractivity contribution in [2.24, 2.45) is 0 Å². The quantitative estimate of drug-likeness (QED) is 0.582. The Morgan fingerprint density at radius 1 is 1.54 bits per heavy atom. The second-order valence-electron chi connectivity index (χ2n) is 3.09. The molecule has 13 heavy (non-hydrogen) atoms. The first-order valence-corrected chi connectivity index (χ1v) is 4.94. The number of hydrogen-bond donors (Lipinski definition) is 0. The predicted octanol–water partition coefficient (Wildman–Crippen LogP) is 2.66. The van der Waals surface area contributed by atoms with Crippen LogP contribution in [0.15, 0.2) is 29.2 Å². The zero-order chi connectivity index (χ0) is 9.31. The third-order valence-corrected chi connectivity index (χ3v) is 3.29. The molecule has 1 heterocycles. The normalized spacial score (nSPS) is 26.2. The van der Waals surface area contributed by atoms with Crippen LogP contribution in [0.3, 0.4) is 0 Å². The van der Waals surface area contributed by atoms with E-state index in [9.17, 15) is 0 Å². The molecule has 1 aliphatic heterocycles. The van der Waals surface area contributed by atoms with Crippen LogP contribution in [0.5, 0.6) is 0 Å². The van der Waals surface area contributed by atoms with Crippen LogP contribution in [0.2, 0.25) is 0 Å². The van der Waals surface area contributed by atoms with Crippen molar-refractivity contribution in [2.75, 3.05) is 0 Å². The van der Waals surface area contributed by atoms with Crippen LogP contribution in [0.4, 0.5) is 0 Å². The van der Waals surface area contributed by atoms with Crippen LogP contribution < -0.4 is 0 Å². The third-order valence-electron chi connectivity index (χ3n) is 2.04. The average Bonchev–Trinajstić information content (AvgIpc) is 2.18. The number of fused-ring (bicyclic) bond motifs is 1. The molecule has 0 fully saturated rings. The Balaban J connectivity index is 2.36. The van der Waals surface area contributed by atoms with Gasteiger partial charge in [-0.1, -0.05) is 35.9 Å². The van der Waals surface area contributed by atoms with Crippen LogP contribution in [-0.4, -0.2) is 4.93 Å². The minimum Gasteiger partial charge on any atom is -0.348 e. The second-order valence-corrected chi connectivity index (χ2v) is 4.51. The van der Waals surface area contributed by atoms with Crippen molar-refractivity contribution in [3.8, 4) is 12.3 Å². The Bertz CT molecular complexity index is 367. The lowest BCUT2D eigenvalue weighted by atomic mass is 10.2. The van der Waals surface area contributed by atoms with Gasteiger partial charge in [-0.2, -0.15) is 0 Å². The molecule has 0 saturated carbocycles. The molecular formula is C11H10OS. The van der Waals surface area contributed by atoms with E-state index in [-0.39, 0.29) is 0 Å². The minimum atomic E-state index is -0.492. The smallest absolute Gasteiger partial charge is 0.177 e. The van der Waals surface area contributed by atoms with E-state index < -0.39 is 4.93 Å². The molecule has 1 unspecified atom stereocenters. The van der Waals surface area contributed by atoms with Crippen LogP contribution in [-0.2, 0) is 11.3 Å². The summed E-state index contributed by atoms with van der Waals surface area (Å²) in [6.45, 7) is 2.54. The van der Waals surface area contributed by atoms with E-state index in [2.05, 4.69) is 18.1 Å². The molecular weight excluding hydrogens is 180 g/mol. The van der Waals surface area contributed by atoms with Crippen molar-refractivity contribution in [3.05, 3.63) is 29.8 Å². The fourth-order valence-corrected chi connectivity index (χ4v) is 2.25. The molecule has 1 atom stereocenters. The summed E-state index contributed by atoms with van der Waals surface area (Å²) in [6.07, 6.45) is 5.40. The molecule has 0 aliphatic carbocycles. The molecule has 0 amide bonds. The van der Waals surface area contributed by atoms with Gasteiger partial charge in [-0.3, -0.25) is 0 Å². The van der Waals surface area contributed by atoms with Gasteiger partial charge in [0.05, 0.1) is 6.61 Å². The standard InChI is InChI=1S/C11H10OS/c1-3-11(2)12-8-9-6-4-5-7-10(9)13-11/h1,4-7H,8H2,2H3. The van der Waals surface area contributed by atoms with Gasteiger partial charge in [0, 0.05) is 4.90 Å². The number of benzene rings is 1. The molecule has 1 aliphatic rings. The molecule has 0 spiro atoms. The van der Waals surface area contributed by atoms with Crippen molar-refractivity contribution in [2.45, 2.75) is 23.4 Å². The van der Waals surface area contributed by atoms with Gasteiger partial charge in [0.15, 0.2) is 4.93 Å². The maximum Gasteiger partial charge on any atom is 0.177 e. The van der Waals surface area contributed by atoms with E-state index in [4.69, 9.17) is 11.2 Å². The molecule has 0 saturated heterocycles. The maximum atomic E-state index is 5.57. The Morgan fingerprint density at radius 3 is 3.08 bits per heavy atom. The zero-order valence-electron chi connectivity index (χ0n) is 7.41. The first-order valence-electron chi connectivity index (χ1n) is 4.12. The number of hydrogen-bond acceptors (Lipinski definition) is 2. The van der Waals surface area contributed by atoms with Gasteiger partial charge in [0.2, 0.25) is 0 Å². The van der Waals surface area contributed by atoms with Crippen molar-refractivity contribution >= 4 is 11.8 Å². The summed E-state index contributed by atoms with van der Waals surface area (Å²) >= 11 is 1.60. The van der Waals surface area contributed by atoms with E-state index >= 15 is 0 Å². The lowest BCUT2D eigenvalue weighted by molar-refractivity contribution is 0.0594. The van der Waals surface area contributed by atoms with Crippen molar-refractivity contribution < 1.29 is 4.74 Å². The topological polar surface area (TPSA) is 9.23 Å². The Kier molecular flexibility index (Phi) is 2.07. The molecule has 66 valence electrons. The molecule has 0 radical (unpaired) electrons. The van der Waals surface area contributed by atoms with E-state index in [1.54, 1.807) is 11.8 Å². The summed E-state index contributed by atoms with van der Waals surface area (Å²) in [5.41, 5.74) is 1.22. The Morgan fingerprint density at radius 2 is 2.31 bits per heavy atom. The summed E-state index contributed by atoms with van der Waals surface area (Å²) in [6, 6.07) is 8.19. The first-order chi connectivity index (χ1) is 6.23. The van der Waals surface area contributed by atoms with Crippen molar-refractivity contribution in [3.63, 3.8) is 0 Å². The average molecular weight is 190 g/mol. The SMILES string of the molecule is C#CC1(C)OCc2ccccc2S1. The van der Waals surface area contributed by atoms with E-state index in [1.165, 1.54) is 10.5 Å². The summed E-state index contributed by atoms with van der Waals surface area (Å²) in [7, 11) is 0. The lowest BCUT2D eigenvalue weighted by Crippen LogP contribution is -2.25. The third kappa shape index (κ3) is 1.58. The maximum absolute atomic E-state index is 5.57. The van der Waals surface area contributed by atoms with Crippen molar-refractivity contribution in [1.29, 1.82) is 0 Å². The highest BCUT2D eigenvalue weighted by atomic mass is 32.2. The molecule has 0 aromatic heterocycles. The van der Waals surface area contributed by atoms with Crippen LogP contribution in [0.25, 0.3) is 0 Å². The van der Waals surface area contributed by atoms with E-state index in [1.807, 2.05) is 19.1 Å². The van der Waals surface area contributed by atoms with Gasteiger partial charge >= 0.3 is 0 Å². The highest BCUT2D eigenvalue weighted by Crippen LogP contribution is 2.40. The van der Waals surface area contributed by atoms with Crippen molar-refractivity contribution in [1.82, 2.24) is 0 Å². The summed E-state index contributed by atoms with van der Waals surface area (Å²) in [4.78, 5) is 0.739. The Hall–Kier alpha value is -0.910. The van der Waals surface area contributed by atoms with Crippen LogP contribution in [0, 0.1) is 12.3 Å². The lowest BCUT2D eigenvalue weighted by Gasteiger charge is -2.29. The fraction of sp³-hybridized carbons (Fsp3) is 0.273. The monoisotopic (exact) mass is 190 g/mol. The molecule has 1 aromatic carbocycles. The predicted molar refractivity (Wildman–Crippen MR) is 54.3 cm³/mol. The number of ether oxygens (including phenoxy) is 1. The molecule has 1 nitrogen and oxygen atoms in total. The minimum absolute atomic E-state index is 0.492. The Labute approximate surface area is 82.5 Å². The molecule has 0 N–H and O–H groups in total. The first kappa shape index (κ1) is 8.68. The van der Waals surface area contributed by atoms with Gasteiger partial charge in [-0.25, -0.2) is 0 Å². The summed E-state index contributed by atoms with van der Waals surface area (Å²) < 4.78 is 5.57. The molecule has 0 bridgehead atoms. The zero-order valence-corrected chi connectivity index (χ0v) is 8.23. The van der Waals surface area contributed by atoms with Gasteiger partial charge in [0.25, 0.3) is 0 Å². The summed E-state index contributed by atoms with van der Waals surface area (Å²) in [5.74, 6) is 2.66.